The van der Waals surface area contributed by atoms with Crippen molar-refractivity contribution < 1.29 is 15.3 Å². The Kier molecular flexibility index (Phi) is 7.29. The van der Waals surface area contributed by atoms with Crippen LogP contribution in [0.15, 0.2) is 36.4 Å². The predicted molar refractivity (Wildman–Crippen MR) is 156 cm³/mol. The van der Waals surface area contributed by atoms with Gasteiger partial charge in [0.1, 0.15) is 17.2 Å². The summed E-state index contributed by atoms with van der Waals surface area (Å²) >= 11 is 0. The third-order valence-electron chi connectivity index (χ3n) is 7.21. The SMILES string of the molecule is Cc1cc(C(c2cc(C)cc(C(C)(C)C)c2O)c2cc(C)cc(C(C)(C)C)c2O)c(O)c(C(C)(C)C)c1. The molecular weight excluding hydrogens is 456 g/mol. The molecular formula is C34H46O3. The molecule has 3 N–H and O–H groups in total. The zero-order chi connectivity index (χ0) is 28.2. The highest BCUT2D eigenvalue weighted by molar-refractivity contribution is 5.63. The number of phenolic OH excluding ortho intramolecular Hbond substituents is 3. The van der Waals surface area contributed by atoms with Crippen LogP contribution in [0.3, 0.4) is 0 Å². The molecule has 0 spiro atoms. The van der Waals surface area contributed by atoms with Gasteiger partial charge >= 0.3 is 0 Å². The number of hydrogen-bond donors (Lipinski definition) is 3. The maximum atomic E-state index is 11.8. The van der Waals surface area contributed by atoms with Gasteiger partial charge in [0.2, 0.25) is 0 Å². The van der Waals surface area contributed by atoms with E-state index in [-0.39, 0.29) is 33.5 Å². The van der Waals surface area contributed by atoms with Crippen LogP contribution >= 0.6 is 0 Å². The number of benzene rings is 3. The lowest BCUT2D eigenvalue weighted by molar-refractivity contribution is 0.424. The van der Waals surface area contributed by atoms with Crippen molar-refractivity contribution in [3.8, 4) is 17.2 Å². The third-order valence-corrected chi connectivity index (χ3v) is 7.21. The molecule has 0 radical (unpaired) electrons. The first-order chi connectivity index (χ1) is 16.7. The molecule has 3 aromatic rings. The minimum atomic E-state index is -0.567. The fourth-order valence-corrected chi connectivity index (χ4v) is 5.30. The number of hydrogen-bond acceptors (Lipinski definition) is 3. The highest BCUT2D eigenvalue weighted by atomic mass is 16.3. The average molecular weight is 503 g/mol. The standard InChI is InChI=1S/C34H46O3/c1-19-13-22(29(35)25(16-19)32(4,5)6)28(23-14-20(2)17-26(30(23)36)33(7,8)9)24-15-21(3)18-27(31(24)37)34(10,11)12/h13-18,28,35-37H,1-12H3. The van der Waals surface area contributed by atoms with Crippen molar-refractivity contribution in [3.63, 3.8) is 0 Å². The summed E-state index contributed by atoms with van der Waals surface area (Å²) in [5.74, 6) is 0.0570. The average Bonchev–Trinajstić information content (AvgIpc) is 2.72. The van der Waals surface area contributed by atoms with E-state index in [2.05, 4.69) is 62.3 Å². The Hall–Kier alpha value is -2.94. The first-order valence-electron chi connectivity index (χ1n) is 13.3. The fraction of sp³-hybridized carbons (Fsp3) is 0.471. The number of aromatic hydroxyl groups is 3. The smallest absolute Gasteiger partial charge is 0.123 e. The molecule has 0 heterocycles. The molecule has 3 heteroatoms. The minimum absolute atomic E-state index is 0.208. The Labute approximate surface area is 224 Å². The molecule has 0 fully saturated rings. The number of phenols is 3. The third kappa shape index (κ3) is 5.66. The molecule has 0 unspecified atom stereocenters. The zero-order valence-electron chi connectivity index (χ0n) is 24.9. The van der Waals surface area contributed by atoms with Crippen LogP contribution in [0.2, 0.25) is 0 Å². The summed E-state index contributed by atoms with van der Waals surface area (Å²) in [7, 11) is 0. The largest absolute Gasteiger partial charge is 0.507 e. The Bertz CT molecular complexity index is 1160. The van der Waals surface area contributed by atoms with E-state index in [4.69, 9.17) is 0 Å². The molecule has 3 rings (SSSR count). The maximum Gasteiger partial charge on any atom is 0.123 e. The summed E-state index contributed by atoms with van der Waals surface area (Å²) in [4.78, 5) is 0. The first-order valence-corrected chi connectivity index (χ1v) is 13.3. The van der Waals surface area contributed by atoms with Crippen molar-refractivity contribution in [3.05, 3.63) is 86.5 Å². The lowest BCUT2D eigenvalue weighted by atomic mass is 9.74. The minimum Gasteiger partial charge on any atom is -0.507 e. The van der Waals surface area contributed by atoms with Crippen LogP contribution in [0, 0.1) is 20.8 Å². The molecule has 0 saturated heterocycles. The molecule has 0 atom stereocenters. The molecule has 0 bridgehead atoms. The summed E-state index contributed by atoms with van der Waals surface area (Å²) in [5.41, 5.74) is 6.81. The van der Waals surface area contributed by atoms with Crippen LogP contribution in [0.25, 0.3) is 0 Å². The molecule has 0 aliphatic rings. The quantitative estimate of drug-likeness (QED) is 0.314. The van der Waals surface area contributed by atoms with E-state index in [0.29, 0.717) is 16.7 Å². The molecule has 0 aliphatic carbocycles. The van der Waals surface area contributed by atoms with Gasteiger partial charge in [-0.15, -0.1) is 0 Å². The molecule has 0 saturated carbocycles. The predicted octanol–water partition coefficient (Wildman–Crippen LogP) is 8.80. The zero-order valence-corrected chi connectivity index (χ0v) is 24.9. The van der Waals surface area contributed by atoms with Gasteiger partial charge in [-0.25, -0.2) is 0 Å². The van der Waals surface area contributed by atoms with E-state index < -0.39 is 5.92 Å². The first kappa shape index (κ1) is 28.6. The highest BCUT2D eigenvalue weighted by Gasteiger charge is 2.33. The molecule has 3 nitrogen and oxygen atoms in total. The van der Waals surface area contributed by atoms with Gasteiger partial charge in [-0.05, 0) is 53.7 Å². The van der Waals surface area contributed by atoms with Crippen LogP contribution in [0.4, 0.5) is 0 Å². The summed E-state index contributed by atoms with van der Waals surface area (Å²) in [6.45, 7) is 24.9. The van der Waals surface area contributed by atoms with Crippen molar-refractivity contribution in [2.45, 2.75) is 105 Å². The summed E-state index contributed by atoms with van der Waals surface area (Å²) in [5, 5.41) is 35.3. The second-order valence-electron chi connectivity index (χ2n) is 13.9. The van der Waals surface area contributed by atoms with Crippen molar-refractivity contribution in [2.75, 3.05) is 0 Å². The topological polar surface area (TPSA) is 60.7 Å². The normalized spacial score (nSPS) is 12.9. The molecule has 37 heavy (non-hydrogen) atoms. The van der Waals surface area contributed by atoms with Crippen LogP contribution in [-0.2, 0) is 16.2 Å². The van der Waals surface area contributed by atoms with E-state index >= 15 is 0 Å². The van der Waals surface area contributed by atoms with Crippen molar-refractivity contribution in [1.82, 2.24) is 0 Å². The monoisotopic (exact) mass is 502 g/mol. The van der Waals surface area contributed by atoms with Gasteiger partial charge in [0.05, 0.1) is 0 Å². The summed E-state index contributed by atoms with van der Waals surface area (Å²) < 4.78 is 0. The van der Waals surface area contributed by atoms with Crippen molar-refractivity contribution in [2.24, 2.45) is 0 Å². The van der Waals surface area contributed by atoms with Crippen molar-refractivity contribution >= 4 is 0 Å². The Balaban J connectivity index is 2.56. The Morgan fingerprint density at radius 2 is 0.649 bits per heavy atom. The Morgan fingerprint density at radius 1 is 0.432 bits per heavy atom. The second-order valence-corrected chi connectivity index (χ2v) is 13.9. The molecule has 0 amide bonds. The molecule has 0 aliphatic heterocycles. The van der Waals surface area contributed by atoms with Gasteiger partial charge in [0, 0.05) is 22.6 Å². The molecule has 200 valence electrons. The van der Waals surface area contributed by atoms with Crippen LogP contribution in [0.1, 0.15) is 118 Å². The van der Waals surface area contributed by atoms with Gasteiger partial charge in [-0.1, -0.05) is 115 Å². The summed E-state index contributed by atoms with van der Waals surface area (Å²) in [6, 6.07) is 12.1. The van der Waals surface area contributed by atoms with E-state index in [0.717, 1.165) is 33.4 Å². The lowest BCUT2D eigenvalue weighted by Gasteiger charge is -2.31. The number of rotatable bonds is 3. The summed E-state index contributed by atoms with van der Waals surface area (Å²) in [6.07, 6.45) is 0. The molecule has 0 aromatic heterocycles. The number of aryl methyl sites for hydroxylation is 3. The van der Waals surface area contributed by atoms with E-state index in [1.807, 2.05) is 57.2 Å². The van der Waals surface area contributed by atoms with Crippen LogP contribution in [-0.4, -0.2) is 15.3 Å². The van der Waals surface area contributed by atoms with Gasteiger partial charge < -0.3 is 15.3 Å². The van der Waals surface area contributed by atoms with Gasteiger partial charge in [0.25, 0.3) is 0 Å². The fourth-order valence-electron chi connectivity index (χ4n) is 5.30. The highest BCUT2D eigenvalue weighted by Crippen LogP contribution is 2.50. The van der Waals surface area contributed by atoms with Crippen LogP contribution in [0.5, 0.6) is 17.2 Å². The van der Waals surface area contributed by atoms with Crippen LogP contribution < -0.4 is 0 Å². The van der Waals surface area contributed by atoms with Crippen molar-refractivity contribution in [1.29, 1.82) is 0 Å². The molecule has 3 aromatic carbocycles. The second kappa shape index (κ2) is 9.42. The van der Waals surface area contributed by atoms with E-state index in [9.17, 15) is 15.3 Å². The van der Waals surface area contributed by atoms with Gasteiger partial charge in [-0.2, -0.15) is 0 Å². The van der Waals surface area contributed by atoms with Gasteiger partial charge in [0.15, 0.2) is 0 Å². The van der Waals surface area contributed by atoms with E-state index in [1.165, 1.54) is 0 Å². The lowest BCUT2D eigenvalue weighted by Crippen LogP contribution is -2.17. The van der Waals surface area contributed by atoms with E-state index in [1.54, 1.807) is 0 Å². The maximum absolute atomic E-state index is 11.8. The Morgan fingerprint density at radius 3 is 0.838 bits per heavy atom. The van der Waals surface area contributed by atoms with Gasteiger partial charge in [-0.3, -0.25) is 0 Å².